The number of amides is 1. The predicted octanol–water partition coefficient (Wildman–Crippen LogP) is 15.0. The number of hydrogen-bond donors (Lipinski definition) is 3. The summed E-state index contributed by atoms with van der Waals surface area (Å²) in [7, 11) is 0. The third-order valence-corrected chi connectivity index (χ3v) is 11.8. The fourth-order valence-electron chi connectivity index (χ4n) is 7.94. The van der Waals surface area contributed by atoms with Crippen LogP contribution >= 0.6 is 0 Å². The van der Waals surface area contributed by atoms with Crippen LogP contribution in [0.1, 0.15) is 278 Å². The molecular weight excluding hydrogens is 707 g/mol. The topological polar surface area (TPSA) is 95.9 Å². The van der Waals surface area contributed by atoms with Crippen LogP contribution in [-0.4, -0.2) is 46.9 Å². The van der Waals surface area contributed by atoms with Crippen molar-refractivity contribution in [3.8, 4) is 0 Å². The molecular formula is C51H99NO5. The number of rotatable bonds is 46. The molecule has 6 nitrogen and oxygen atoms in total. The normalized spacial score (nSPS) is 13.3. The number of ether oxygens (including phenoxy) is 1. The highest BCUT2D eigenvalue weighted by molar-refractivity contribution is 5.77. The highest BCUT2D eigenvalue weighted by Gasteiger charge is 2.24. The fraction of sp³-hybridized carbons (Fsp3) is 0.922. The maximum Gasteiger partial charge on any atom is 0.306 e. The molecule has 0 aliphatic carbocycles. The summed E-state index contributed by atoms with van der Waals surface area (Å²) >= 11 is 0. The van der Waals surface area contributed by atoms with Crippen molar-refractivity contribution in [1.29, 1.82) is 0 Å². The lowest BCUT2D eigenvalue weighted by Crippen LogP contribution is -2.46. The van der Waals surface area contributed by atoms with Crippen LogP contribution in [0.3, 0.4) is 0 Å². The highest BCUT2D eigenvalue weighted by atomic mass is 16.5. The second kappa shape index (κ2) is 45.7. The highest BCUT2D eigenvalue weighted by Crippen LogP contribution is 2.18. The number of aliphatic hydroxyl groups excluding tert-OH is 2. The average molecular weight is 806 g/mol. The Morgan fingerprint density at radius 2 is 0.860 bits per heavy atom. The van der Waals surface area contributed by atoms with Gasteiger partial charge < -0.3 is 20.3 Å². The molecule has 0 heterocycles. The molecule has 0 spiro atoms. The van der Waals surface area contributed by atoms with E-state index in [-0.39, 0.29) is 24.9 Å². The summed E-state index contributed by atoms with van der Waals surface area (Å²) in [5, 5.41) is 23.7. The van der Waals surface area contributed by atoms with Gasteiger partial charge in [0, 0.05) is 6.42 Å². The van der Waals surface area contributed by atoms with Gasteiger partial charge in [-0.2, -0.15) is 0 Å². The Hall–Kier alpha value is -1.40. The quantitative estimate of drug-likeness (QED) is 0.0323. The molecule has 0 aliphatic rings. The molecule has 0 aliphatic heterocycles. The van der Waals surface area contributed by atoms with E-state index in [1.807, 2.05) is 0 Å². The summed E-state index contributed by atoms with van der Waals surface area (Å²) in [4.78, 5) is 26.0. The number of hydrogen-bond acceptors (Lipinski definition) is 5. The zero-order valence-electron chi connectivity index (χ0n) is 38.5. The summed E-state index contributed by atoms with van der Waals surface area (Å²) in [6.07, 6.45) is 49.9. The molecule has 3 atom stereocenters. The van der Waals surface area contributed by atoms with Gasteiger partial charge in [-0.1, -0.05) is 232 Å². The van der Waals surface area contributed by atoms with Gasteiger partial charge >= 0.3 is 5.97 Å². The lowest BCUT2D eigenvalue weighted by molar-refractivity contribution is -0.151. The molecule has 0 aromatic carbocycles. The van der Waals surface area contributed by atoms with Crippen molar-refractivity contribution < 1.29 is 24.5 Å². The van der Waals surface area contributed by atoms with E-state index in [2.05, 4.69) is 38.2 Å². The third-order valence-electron chi connectivity index (χ3n) is 11.8. The van der Waals surface area contributed by atoms with Crippen LogP contribution in [0.5, 0.6) is 0 Å². The Labute approximate surface area is 355 Å². The minimum absolute atomic E-state index is 0.0729. The first-order valence-corrected chi connectivity index (χ1v) is 25.4. The first-order chi connectivity index (χ1) is 28.0. The molecule has 0 radical (unpaired) electrons. The zero-order valence-corrected chi connectivity index (χ0v) is 38.5. The van der Waals surface area contributed by atoms with Gasteiger partial charge in [-0.05, 0) is 44.9 Å². The van der Waals surface area contributed by atoms with Gasteiger partial charge in [0.15, 0.2) is 0 Å². The van der Waals surface area contributed by atoms with Crippen molar-refractivity contribution in [3.63, 3.8) is 0 Å². The number of carbonyl (C=O) groups excluding carboxylic acids is 2. The average Bonchev–Trinajstić information content (AvgIpc) is 3.20. The lowest BCUT2D eigenvalue weighted by atomic mass is 10.0. The molecule has 3 N–H and O–H groups in total. The van der Waals surface area contributed by atoms with Gasteiger partial charge in [-0.3, -0.25) is 9.59 Å². The molecule has 0 saturated carbocycles. The second-order valence-corrected chi connectivity index (χ2v) is 17.6. The Morgan fingerprint density at radius 1 is 0.491 bits per heavy atom. The smallest absolute Gasteiger partial charge is 0.306 e. The number of allylic oxidation sites excluding steroid dienone is 2. The molecule has 6 heteroatoms. The van der Waals surface area contributed by atoms with E-state index in [4.69, 9.17) is 4.74 Å². The van der Waals surface area contributed by atoms with Crippen molar-refractivity contribution in [2.45, 2.75) is 296 Å². The molecule has 0 aromatic heterocycles. The van der Waals surface area contributed by atoms with Gasteiger partial charge in [-0.15, -0.1) is 0 Å². The number of aliphatic hydroxyl groups is 2. The maximum atomic E-state index is 13.1. The molecule has 3 unspecified atom stereocenters. The van der Waals surface area contributed by atoms with Crippen molar-refractivity contribution in [3.05, 3.63) is 12.2 Å². The molecule has 0 aromatic rings. The zero-order chi connectivity index (χ0) is 41.7. The molecule has 0 fully saturated rings. The minimum Gasteiger partial charge on any atom is -0.462 e. The van der Waals surface area contributed by atoms with Crippen LogP contribution in [0.2, 0.25) is 0 Å². The molecule has 0 rings (SSSR count). The van der Waals surface area contributed by atoms with E-state index in [1.54, 1.807) is 0 Å². The summed E-state index contributed by atoms with van der Waals surface area (Å²) in [5.74, 6) is -0.477. The van der Waals surface area contributed by atoms with Crippen LogP contribution < -0.4 is 5.32 Å². The Morgan fingerprint density at radius 3 is 1.30 bits per heavy atom. The summed E-state index contributed by atoms with van der Waals surface area (Å²) < 4.78 is 5.90. The Kier molecular flexibility index (Phi) is 44.6. The van der Waals surface area contributed by atoms with Crippen LogP contribution in [0.4, 0.5) is 0 Å². The van der Waals surface area contributed by atoms with Crippen molar-refractivity contribution in [2.75, 3.05) is 6.61 Å². The van der Waals surface area contributed by atoms with Crippen molar-refractivity contribution in [1.82, 2.24) is 5.32 Å². The monoisotopic (exact) mass is 806 g/mol. The first-order valence-electron chi connectivity index (χ1n) is 25.4. The summed E-state index contributed by atoms with van der Waals surface area (Å²) in [6.45, 7) is 6.45. The minimum atomic E-state index is -0.785. The fourth-order valence-corrected chi connectivity index (χ4v) is 7.94. The van der Waals surface area contributed by atoms with Gasteiger partial charge in [0.25, 0.3) is 0 Å². The van der Waals surface area contributed by atoms with Gasteiger partial charge in [-0.25, -0.2) is 0 Å². The predicted molar refractivity (Wildman–Crippen MR) is 246 cm³/mol. The number of carbonyl (C=O) groups is 2. The van der Waals surface area contributed by atoms with E-state index in [0.717, 1.165) is 64.2 Å². The third kappa shape index (κ3) is 41.1. The van der Waals surface area contributed by atoms with E-state index >= 15 is 0 Å². The van der Waals surface area contributed by atoms with Crippen LogP contribution in [0.25, 0.3) is 0 Å². The van der Waals surface area contributed by atoms with E-state index in [0.29, 0.717) is 19.3 Å². The van der Waals surface area contributed by atoms with Crippen LogP contribution in [-0.2, 0) is 14.3 Å². The summed E-state index contributed by atoms with van der Waals surface area (Å²) in [6, 6.07) is -0.699. The van der Waals surface area contributed by atoms with Crippen LogP contribution in [0, 0.1) is 0 Å². The second-order valence-electron chi connectivity index (χ2n) is 17.6. The van der Waals surface area contributed by atoms with E-state index < -0.39 is 18.2 Å². The SMILES string of the molecule is CCCC/C=C\CCCCCC(CC(=O)NC(CO)C(O)CCCCCCCCCCCCCCCCCC)OC(=O)CCCCCCCCCCCCCCC. The lowest BCUT2D eigenvalue weighted by Gasteiger charge is -2.24. The molecule has 57 heavy (non-hydrogen) atoms. The standard InChI is InChI=1S/C51H99NO5/c1-4-7-10-13-16-19-21-23-24-25-27-28-31-34-37-40-43-49(54)48(46-53)52-50(55)45-47(42-39-36-33-30-18-15-12-9-6-3)57-51(56)44-41-38-35-32-29-26-22-20-17-14-11-8-5-2/h15,18,47-49,53-54H,4-14,16-17,19-46H2,1-3H3,(H,52,55)/b18-15-. The maximum absolute atomic E-state index is 13.1. The number of nitrogens with one attached hydrogen (secondary N) is 1. The first kappa shape index (κ1) is 55.6. The van der Waals surface area contributed by atoms with Crippen molar-refractivity contribution >= 4 is 11.9 Å². The van der Waals surface area contributed by atoms with E-state index in [9.17, 15) is 19.8 Å². The molecule has 0 saturated heterocycles. The Bertz CT molecular complexity index is 863. The molecule has 338 valence electrons. The Balaban J connectivity index is 4.41. The largest absolute Gasteiger partial charge is 0.462 e. The van der Waals surface area contributed by atoms with E-state index in [1.165, 1.54) is 167 Å². The van der Waals surface area contributed by atoms with Gasteiger partial charge in [0.2, 0.25) is 5.91 Å². The number of esters is 1. The molecule has 0 bridgehead atoms. The summed E-state index contributed by atoms with van der Waals surface area (Å²) in [5.41, 5.74) is 0. The van der Waals surface area contributed by atoms with Gasteiger partial charge in [0.05, 0.1) is 25.2 Å². The number of unbranched alkanes of at least 4 members (excludes halogenated alkanes) is 32. The van der Waals surface area contributed by atoms with Crippen molar-refractivity contribution in [2.24, 2.45) is 0 Å². The molecule has 1 amide bonds. The van der Waals surface area contributed by atoms with Crippen LogP contribution in [0.15, 0.2) is 12.2 Å². The van der Waals surface area contributed by atoms with Gasteiger partial charge in [0.1, 0.15) is 6.10 Å².